The first-order valence-electron chi connectivity index (χ1n) is 5.10. The maximum Gasteiger partial charge on any atom is 0.00103 e. The summed E-state index contributed by atoms with van der Waals surface area (Å²) in [7, 11) is 0. The van der Waals surface area contributed by atoms with Gasteiger partial charge in [-0.2, -0.15) is 11.8 Å². The fourth-order valence-corrected chi connectivity index (χ4v) is 2.82. The van der Waals surface area contributed by atoms with Crippen LogP contribution in [-0.2, 0) is 0 Å². The third-order valence-electron chi connectivity index (χ3n) is 2.45. The van der Waals surface area contributed by atoms with Crippen LogP contribution in [0.3, 0.4) is 0 Å². The average Bonchev–Trinajstić information content (AvgIpc) is 2.05. The van der Waals surface area contributed by atoms with Crippen molar-refractivity contribution in [3.8, 4) is 0 Å². The maximum atomic E-state index is 3.49. The summed E-state index contributed by atoms with van der Waals surface area (Å²) >= 11 is 2.12. The highest BCUT2D eigenvalue weighted by Crippen LogP contribution is 2.24. The van der Waals surface area contributed by atoms with E-state index in [0.29, 0.717) is 6.04 Å². The van der Waals surface area contributed by atoms with Gasteiger partial charge >= 0.3 is 0 Å². The van der Waals surface area contributed by atoms with Crippen molar-refractivity contribution in [1.82, 2.24) is 5.32 Å². The molecular formula is C10H21NS. The molecule has 1 nitrogen and oxygen atoms in total. The third kappa shape index (κ3) is 4.36. The molecule has 1 rings (SSSR count). The molecule has 0 radical (unpaired) electrons. The molecule has 12 heavy (non-hydrogen) atoms. The highest BCUT2D eigenvalue weighted by Gasteiger charge is 2.12. The van der Waals surface area contributed by atoms with E-state index in [2.05, 4.69) is 30.9 Å². The molecule has 1 aliphatic rings. The lowest BCUT2D eigenvalue weighted by atomic mass is 9.99. The Hall–Kier alpha value is 0.310. The lowest BCUT2D eigenvalue weighted by Crippen LogP contribution is -2.26. The van der Waals surface area contributed by atoms with Crippen LogP contribution in [-0.4, -0.2) is 24.1 Å². The predicted octanol–water partition coefficient (Wildman–Crippen LogP) is 2.52. The Balaban J connectivity index is 1.98. The van der Waals surface area contributed by atoms with Crippen LogP contribution in [0, 0.1) is 5.92 Å². The van der Waals surface area contributed by atoms with Gasteiger partial charge in [0.1, 0.15) is 0 Å². The largest absolute Gasteiger partial charge is 0.315 e. The van der Waals surface area contributed by atoms with E-state index in [1.54, 1.807) is 0 Å². The van der Waals surface area contributed by atoms with Crippen LogP contribution >= 0.6 is 11.8 Å². The summed E-state index contributed by atoms with van der Waals surface area (Å²) in [4.78, 5) is 0. The van der Waals surface area contributed by atoms with Crippen LogP contribution in [0.15, 0.2) is 0 Å². The van der Waals surface area contributed by atoms with E-state index in [9.17, 15) is 0 Å². The predicted molar refractivity (Wildman–Crippen MR) is 57.8 cm³/mol. The number of nitrogens with one attached hydrogen (secondary N) is 1. The Morgan fingerprint density at radius 2 is 2.00 bits per heavy atom. The van der Waals surface area contributed by atoms with Crippen molar-refractivity contribution in [2.45, 2.75) is 39.2 Å². The molecule has 0 amide bonds. The zero-order valence-electron chi connectivity index (χ0n) is 8.31. The van der Waals surface area contributed by atoms with E-state index in [1.165, 1.54) is 37.3 Å². The second kappa shape index (κ2) is 5.87. The molecule has 0 aromatic rings. The van der Waals surface area contributed by atoms with E-state index in [1.807, 2.05) is 0 Å². The molecule has 72 valence electrons. The summed E-state index contributed by atoms with van der Waals surface area (Å²) in [5, 5.41) is 3.49. The van der Waals surface area contributed by atoms with Gasteiger partial charge in [-0.25, -0.2) is 0 Å². The van der Waals surface area contributed by atoms with Crippen molar-refractivity contribution < 1.29 is 0 Å². The SMILES string of the molecule is CC(C)NCCC1CCSCC1. The lowest BCUT2D eigenvalue weighted by molar-refractivity contribution is 0.425. The first-order valence-corrected chi connectivity index (χ1v) is 6.25. The van der Waals surface area contributed by atoms with E-state index in [-0.39, 0.29) is 0 Å². The summed E-state index contributed by atoms with van der Waals surface area (Å²) in [6.45, 7) is 5.65. The molecule has 1 saturated heterocycles. The fraction of sp³-hybridized carbons (Fsp3) is 1.00. The van der Waals surface area contributed by atoms with Gasteiger partial charge in [-0.05, 0) is 43.2 Å². The van der Waals surface area contributed by atoms with Crippen LogP contribution < -0.4 is 5.32 Å². The Labute approximate surface area is 80.7 Å². The highest BCUT2D eigenvalue weighted by atomic mass is 32.2. The van der Waals surface area contributed by atoms with Gasteiger partial charge in [0, 0.05) is 6.04 Å². The van der Waals surface area contributed by atoms with Crippen LogP contribution in [0.25, 0.3) is 0 Å². The molecule has 0 aromatic heterocycles. The van der Waals surface area contributed by atoms with Gasteiger partial charge in [-0.1, -0.05) is 13.8 Å². The van der Waals surface area contributed by atoms with Crippen LogP contribution in [0.1, 0.15) is 33.1 Å². The van der Waals surface area contributed by atoms with Crippen LogP contribution in [0.2, 0.25) is 0 Å². The maximum absolute atomic E-state index is 3.49. The van der Waals surface area contributed by atoms with E-state index < -0.39 is 0 Å². The molecule has 1 N–H and O–H groups in total. The highest BCUT2D eigenvalue weighted by molar-refractivity contribution is 7.99. The first-order chi connectivity index (χ1) is 5.79. The quantitative estimate of drug-likeness (QED) is 0.726. The summed E-state index contributed by atoms with van der Waals surface area (Å²) in [5.41, 5.74) is 0. The zero-order valence-corrected chi connectivity index (χ0v) is 9.12. The molecular weight excluding hydrogens is 166 g/mol. The molecule has 1 fully saturated rings. The molecule has 0 unspecified atom stereocenters. The number of rotatable bonds is 4. The molecule has 1 aliphatic heterocycles. The van der Waals surface area contributed by atoms with Crippen molar-refractivity contribution in [2.24, 2.45) is 5.92 Å². The Bertz CT molecular complexity index is 108. The minimum Gasteiger partial charge on any atom is -0.315 e. The van der Waals surface area contributed by atoms with Gasteiger partial charge in [0.05, 0.1) is 0 Å². The second-order valence-corrected chi connectivity index (χ2v) is 5.18. The van der Waals surface area contributed by atoms with Crippen molar-refractivity contribution in [3.05, 3.63) is 0 Å². The Morgan fingerprint density at radius 1 is 1.33 bits per heavy atom. The van der Waals surface area contributed by atoms with Gasteiger partial charge in [0.15, 0.2) is 0 Å². The minimum atomic E-state index is 0.656. The monoisotopic (exact) mass is 187 g/mol. The molecule has 1 heterocycles. The van der Waals surface area contributed by atoms with Gasteiger partial charge < -0.3 is 5.32 Å². The van der Waals surface area contributed by atoms with Gasteiger partial charge in [0.25, 0.3) is 0 Å². The van der Waals surface area contributed by atoms with Crippen molar-refractivity contribution in [1.29, 1.82) is 0 Å². The summed E-state index contributed by atoms with van der Waals surface area (Å²) in [6, 6.07) is 0.656. The summed E-state index contributed by atoms with van der Waals surface area (Å²) in [6.07, 6.45) is 4.29. The zero-order chi connectivity index (χ0) is 8.81. The van der Waals surface area contributed by atoms with E-state index >= 15 is 0 Å². The van der Waals surface area contributed by atoms with Gasteiger partial charge in [0.2, 0.25) is 0 Å². The molecule has 0 saturated carbocycles. The molecule has 0 spiro atoms. The van der Waals surface area contributed by atoms with Crippen molar-refractivity contribution in [2.75, 3.05) is 18.1 Å². The number of thioether (sulfide) groups is 1. The van der Waals surface area contributed by atoms with E-state index in [0.717, 1.165) is 5.92 Å². The van der Waals surface area contributed by atoms with Gasteiger partial charge in [-0.3, -0.25) is 0 Å². The lowest BCUT2D eigenvalue weighted by Gasteiger charge is -2.21. The molecule has 0 atom stereocenters. The molecule has 0 aliphatic carbocycles. The Morgan fingerprint density at radius 3 is 2.58 bits per heavy atom. The normalized spacial score (nSPS) is 20.2. The van der Waals surface area contributed by atoms with Crippen LogP contribution in [0.5, 0.6) is 0 Å². The second-order valence-electron chi connectivity index (χ2n) is 3.95. The number of hydrogen-bond donors (Lipinski definition) is 1. The number of hydrogen-bond acceptors (Lipinski definition) is 2. The van der Waals surface area contributed by atoms with E-state index in [4.69, 9.17) is 0 Å². The Kier molecular flexibility index (Phi) is 5.08. The van der Waals surface area contributed by atoms with Gasteiger partial charge in [-0.15, -0.1) is 0 Å². The molecule has 2 heteroatoms. The standard InChI is InChI=1S/C10H21NS/c1-9(2)11-6-3-10-4-7-12-8-5-10/h9-11H,3-8H2,1-2H3. The van der Waals surface area contributed by atoms with Crippen molar-refractivity contribution >= 4 is 11.8 Å². The van der Waals surface area contributed by atoms with Crippen molar-refractivity contribution in [3.63, 3.8) is 0 Å². The first kappa shape index (κ1) is 10.4. The molecule has 0 aromatic carbocycles. The minimum absolute atomic E-state index is 0.656. The summed E-state index contributed by atoms with van der Waals surface area (Å²) in [5.74, 6) is 3.80. The van der Waals surface area contributed by atoms with Crippen LogP contribution in [0.4, 0.5) is 0 Å². The smallest absolute Gasteiger partial charge is 0.00103 e. The topological polar surface area (TPSA) is 12.0 Å². The fourth-order valence-electron chi connectivity index (χ4n) is 1.61. The summed E-state index contributed by atoms with van der Waals surface area (Å²) < 4.78 is 0. The molecule has 0 bridgehead atoms. The average molecular weight is 187 g/mol. The third-order valence-corrected chi connectivity index (χ3v) is 3.49.